The van der Waals surface area contributed by atoms with E-state index in [9.17, 15) is 0 Å². The van der Waals surface area contributed by atoms with Crippen LogP contribution >= 0.6 is 0 Å². The number of methoxy groups -OCH3 is 1. The minimum Gasteiger partial charge on any atom is -0.497 e. The summed E-state index contributed by atoms with van der Waals surface area (Å²) in [5.41, 5.74) is 11.6. The van der Waals surface area contributed by atoms with Gasteiger partial charge in [-0.25, -0.2) is 0 Å². The lowest BCUT2D eigenvalue weighted by Crippen LogP contribution is -1.90. The van der Waals surface area contributed by atoms with Crippen molar-refractivity contribution in [1.29, 1.82) is 0 Å². The van der Waals surface area contributed by atoms with E-state index in [0.29, 0.717) is 6.54 Å². The van der Waals surface area contributed by atoms with Gasteiger partial charge < -0.3 is 4.74 Å². The van der Waals surface area contributed by atoms with E-state index in [2.05, 4.69) is 10.0 Å². The van der Waals surface area contributed by atoms with Crippen LogP contribution < -0.4 is 4.74 Å². The number of nitrogens with zero attached hydrogens (tertiary/aromatic N) is 3. The highest BCUT2D eigenvalue weighted by molar-refractivity contribution is 5.59. The smallest absolute Gasteiger partial charge is 0.119 e. The molecule has 0 radical (unpaired) electrons. The number of hydrogen-bond donors (Lipinski definition) is 0. The molecule has 0 saturated heterocycles. The molecule has 4 heteroatoms. The van der Waals surface area contributed by atoms with Crippen molar-refractivity contribution < 1.29 is 4.74 Å². The van der Waals surface area contributed by atoms with Gasteiger partial charge in [-0.15, -0.1) is 0 Å². The van der Waals surface area contributed by atoms with Crippen molar-refractivity contribution in [3.05, 3.63) is 45.3 Å². The molecule has 0 atom stereocenters. The van der Waals surface area contributed by atoms with E-state index >= 15 is 0 Å². The van der Waals surface area contributed by atoms with Crippen molar-refractivity contribution in [3.8, 4) is 5.75 Å². The van der Waals surface area contributed by atoms with Gasteiger partial charge in [-0.3, -0.25) is 0 Å². The second-order valence-corrected chi connectivity index (χ2v) is 3.49. The third-order valence-corrected chi connectivity index (χ3v) is 2.34. The molecular formula is C12H15N3O. The Bertz CT molecular complexity index is 423. The van der Waals surface area contributed by atoms with Crippen molar-refractivity contribution in [3.63, 3.8) is 0 Å². The van der Waals surface area contributed by atoms with Crippen molar-refractivity contribution >= 4 is 6.08 Å². The van der Waals surface area contributed by atoms with Crippen LogP contribution in [0.15, 0.2) is 23.3 Å². The standard InChI is InChI=1S/C12H15N3O/c1-9-7-11(16-3)8-10(2)12(9)5-4-6-14-15-13/h4-5,7-8H,6H2,1-3H3. The van der Waals surface area contributed by atoms with Gasteiger partial charge in [0, 0.05) is 11.5 Å². The van der Waals surface area contributed by atoms with Crippen LogP contribution in [0.3, 0.4) is 0 Å². The molecule has 0 unspecified atom stereocenters. The van der Waals surface area contributed by atoms with Gasteiger partial charge in [0.25, 0.3) is 0 Å². The first-order valence-corrected chi connectivity index (χ1v) is 5.01. The zero-order valence-electron chi connectivity index (χ0n) is 9.77. The Balaban J connectivity index is 2.96. The van der Waals surface area contributed by atoms with Crippen LogP contribution in [0, 0.1) is 13.8 Å². The van der Waals surface area contributed by atoms with Crippen molar-refractivity contribution in [2.75, 3.05) is 13.7 Å². The van der Waals surface area contributed by atoms with E-state index in [0.717, 1.165) is 22.4 Å². The molecule has 1 aromatic carbocycles. The van der Waals surface area contributed by atoms with Gasteiger partial charge in [-0.2, -0.15) is 0 Å². The topological polar surface area (TPSA) is 58.0 Å². The zero-order chi connectivity index (χ0) is 12.0. The van der Waals surface area contributed by atoms with E-state index in [-0.39, 0.29) is 0 Å². The number of aryl methyl sites for hydroxylation is 2. The molecule has 0 spiro atoms. The van der Waals surface area contributed by atoms with Gasteiger partial charge in [-0.05, 0) is 48.2 Å². The molecule has 16 heavy (non-hydrogen) atoms. The highest BCUT2D eigenvalue weighted by Gasteiger charge is 2.01. The van der Waals surface area contributed by atoms with E-state index < -0.39 is 0 Å². The number of rotatable bonds is 4. The summed E-state index contributed by atoms with van der Waals surface area (Å²) in [5, 5.41) is 3.45. The molecule has 0 amide bonds. The van der Waals surface area contributed by atoms with Crippen LogP contribution in [0.4, 0.5) is 0 Å². The quantitative estimate of drug-likeness (QED) is 0.431. The first-order valence-electron chi connectivity index (χ1n) is 5.01. The van der Waals surface area contributed by atoms with E-state index in [1.807, 2.05) is 38.1 Å². The van der Waals surface area contributed by atoms with Gasteiger partial charge >= 0.3 is 0 Å². The number of ether oxygens (including phenoxy) is 1. The fourth-order valence-corrected chi connectivity index (χ4v) is 1.57. The number of azide groups is 1. The summed E-state index contributed by atoms with van der Waals surface area (Å²) in [6.45, 7) is 4.44. The lowest BCUT2D eigenvalue weighted by Gasteiger charge is -2.08. The molecule has 0 aromatic heterocycles. The molecule has 0 aliphatic rings. The van der Waals surface area contributed by atoms with E-state index in [1.165, 1.54) is 0 Å². The first kappa shape index (κ1) is 12.1. The SMILES string of the molecule is COc1cc(C)c(C=CCN=[N+]=[N-])c(C)c1. The Hall–Kier alpha value is -1.93. The Morgan fingerprint density at radius 2 is 2.00 bits per heavy atom. The van der Waals surface area contributed by atoms with Crippen LogP contribution in [0.2, 0.25) is 0 Å². The molecule has 1 rings (SSSR count). The Morgan fingerprint density at radius 3 is 2.50 bits per heavy atom. The van der Waals surface area contributed by atoms with Gasteiger partial charge in [0.2, 0.25) is 0 Å². The molecule has 0 aliphatic carbocycles. The molecule has 0 saturated carbocycles. The maximum atomic E-state index is 8.15. The van der Waals surface area contributed by atoms with Crippen LogP contribution in [0.1, 0.15) is 16.7 Å². The van der Waals surface area contributed by atoms with Crippen molar-refractivity contribution in [2.24, 2.45) is 5.11 Å². The minimum atomic E-state index is 0.376. The van der Waals surface area contributed by atoms with Gasteiger partial charge in [0.05, 0.1) is 7.11 Å². The Labute approximate surface area is 95.2 Å². The highest BCUT2D eigenvalue weighted by Crippen LogP contribution is 2.22. The first-order chi connectivity index (χ1) is 7.69. The van der Waals surface area contributed by atoms with Crippen LogP contribution in [0.25, 0.3) is 16.5 Å². The summed E-state index contributed by atoms with van der Waals surface area (Å²) in [7, 11) is 1.66. The van der Waals surface area contributed by atoms with Crippen molar-refractivity contribution in [1.82, 2.24) is 0 Å². The largest absolute Gasteiger partial charge is 0.497 e. The molecule has 0 N–H and O–H groups in total. The Morgan fingerprint density at radius 1 is 1.38 bits per heavy atom. The molecule has 1 aromatic rings. The molecular weight excluding hydrogens is 202 g/mol. The monoisotopic (exact) mass is 217 g/mol. The normalized spacial score (nSPS) is 10.2. The van der Waals surface area contributed by atoms with Crippen LogP contribution in [-0.4, -0.2) is 13.7 Å². The lowest BCUT2D eigenvalue weighted by atomic mass is 10.0. The van der Waals surface area contributed by atoms with Gasteiger partial charge in [0.1, 0.15) is 5.75 Å². The summed E-state index contributed by atoms with van der Waals surface area (Å²) in [5.74, 6) is 0.863. The molecule has 84 valence electrons. The third kappa shape index (κ3) is 3.04. The van der Waals surface area contributed by atoms with Gasteiger partial charge in [-0.1, -0.05) is 17.3 Å². The number of benzene rings is 1. The number of hydrogen-bond acceptors (Lipinski definition) is 2. The Kier molecular flexibility index (Phi) is 4.42. The third-order valence-electron chi connectivity index (χ3n) is 2.34. The maximum absolute atomic E-state index is 8.15. The van der Waals surface area contributed by atoms with Gasteiger partial charge in [0.15, 0.2) is 0 Å². The summed E-state index contributed by atoms with van der Waals surface area (Å²) >= 11 is 0. The summed E-state index contributed by atoms with van der Waals surface area (Å²) < 4.78 is 5.18. The maximum Gasteiger partial charge on any atom is 0.119 e. The van der Waals surface area contributed by atoms with E-state index in [1.54, 1.807) is 7.11 Å². The van der Waals surface area contributed by atoms with Crippen molar-refractivity contribution in [2.45, 2.75) is 13.8 Å². The van der Waals surface area contributed by atoms with Crippen LogP contribution in [0.5, 0.6) is 5.75 Å². The summed E-state index contributed by atoms with van der Waals surface area (Å²) in [4.78, 5) is 2.69. The molecule has 0 bridgehead atoms. The lowest BCUT2D eigenvalue weighted by molar-refractivity contribution is 0.414. The summed E-state index contributed by atoms with van der Waals surface area (Å²) in [6, 6.07) is 3.97. The second kappa shape index (κ2) is 5.83. The molecule has 0 aliphatic heterocycles. The second-order valence-electron chi connectivity index (χ2n) is 3.49. The molecule has 4 nitrogen and oxygen atoms in total. The van der Waals surface area contributed by atoms with Crippen LogP contribution in [-0.2, 0) is 0 Å². The average molecular weight is 217 g/mol. The minimum absolute atomic E-state index is 0.376. The fourth-order valence-electron chi connectivity index (χ4n) is 1.57. The fraction of sp³-hybridized carbons (Fsp3) is 0.333. The predicted molar refractivity (Wildman–Crippen MR) is 65.5 cm³/mol. The average Bonchev–Trinajstić information content (AvgIpc) is 2.26. The highest BCUT2D eigenvalue weighted by atomic mass is 16.5. The summed E-state index contributed by atoms with van der Waals surface area (Å²) in [6.07, 6.45) is 3.82. The zero-order valence-corrected chi connectivity index (χ0v) is 9.77. The van der Waals surface area contributed by atoms with E-state index in [4.69, 9.17) is 10.3 Å². The predicted octanol–water partition coefficient (Wildman–Crippen LogP) is 3.64. The molecule has 0 fully saturated rings. The molecule has 0 heterocycles.